The van der Waals surface area contributed by atoms with Crippen LogP contribution in [-0.4, -0.2) is 42.1 Å². The highest BCUT2D eigenvalue weighted by atomic mass is 16.7. The molecule has 0 aromatic rings. The minimum absolute atomic E-state index is 0.182. The Kier molecular flexibility index (Phi) is 4.39. The zero-order valence-corrected chi connectivity index (χ0v) is 11.5. The van der Waals surface area contributed by atoms with Crippen LogP contribution in [0.2, 0.25) is 0 Å². The number of rotatable bonds is 4. The minimum Gasteiger partial charge on any atom is -0.481 e. The van der Waals surface area contributed by atoms with E-state index >= 15 is 0 Å². The van der Waals surface area contributed by atoms with E-state index in [1.165, 1.54) is 0 Å². The molecule has 2 unspecified atom stereocenters. The van der Waals surface area contributed by atoms with E-state index in [1.54, 1.807) is 6.92 Å². The number of hydrogen-bond acceptors (Lipinski definition) is 5. The first kappa shape index (κ1) is 14.2. The third-order valence-electron chi connectivity index (χ3n) is 3.27. The number of allylic oxidation sites excluding steroid dienone is 1. The zero-order chi connectivity index (χ0) is 14.0. The summed E-state index contributed by atoms with van der Waals surface area (Å²) in [7, 11) is 0. The summed E-state index contributed by atoms with van der Waals surface area (Å²) in [6.45, 7) is 5.22. The molecule has 0 saturated carbocycles. The number of Topliss-reactive ketones (excluding diaryl/α,β-unsaturated/α-hetero) is 1. The highest BCUT2D eigenvalue weighted by molar-refractivity contribution is 6.01. The Morgan fingerprint density at radius 2 is 2.11 bits per heavy atom. The minimum atomic E-state index is -0.801. The fourth-order valence-electron chi connectivity index (χ4n) is 2.29. The Hall–Kier alpha value is -1.17. The van der Waals surface area contributed by atoms with Crippen LogP contribution < -0.4 is 0 Å². The van der Waals surface area contributed by atoms with Crippen molar-refractivity contribution in [1.82, 2.24) is 0 Å². The quantitative estimate of drug-likeness (QED) is 0.779. The Labute approximate surface area is 112 Å². The van der Waals surface area contributed by atoms with Crippen molar-refractivity contribution in [1.29, 1.82) is 0 Å². The lowest BCUT2D eigenvalue weighted by Gasteiger charge is -2.17. The van der Waals surface area contributed by atoms with Gasteiger partial charge in [-0.3, -0.25) is 4.79 Å². The first-order chi connectivity index (χ1) is 9.08. The van der Waals surface area contributed by atoms with Crippen LogP contribution in [0, 0.1) is 0 Å². The second kappa shape index (κ2) is 5.86. The van der Waals surface area contributed by atoms with E-state index in [2.05, 4.69) is 0 Å². The van der Waals surface area contributed by atoms with Gasteiger partial charge in [0.2, 0.25) is 5.78 Å². The molecule has 0 aromatic carbocycles. The molecule has 0 radical (unpaired) electrons. The topological polar surface area (TPSA) is 65.0 Å². The number of carbonyl (C=O) groups excluding carboxylic acids is 1. The molecule has 2 rings (SSSR count). The summed E-state index contributed by atoms with van der Waals surface area (Å²) in [5, 5.41) is 9.12. The summed E-state index contributed by atoms with van der Waals surface area (Å²) >= 11 is 0. The summed E-state index contributed by atoms with van der Waals surface area (Å²) in [5.41, 5.74) is 0.511. The molecule has 1 fully saturated rings. The highest BCUT2D eigenvalue weighted by Gasteiger charge is 2.43. The SMILES string of the molecule is CC/C=C\[C@@H]1OC(C)O[C@@H]1C1=C(C)C(=O)C(CO)O1. The fourth-order valence-corrected chi connectivity index (χ4v) is 2.29. The number of aliphatic hydroxyl groups is 1. The number of aliphatic hydroxyl groups excluding tert-OH is 1. The van der Waals surface area contributed by atoms with Crippen LogP contribution >= 0.6 is 0 Å². The lowest BCUT2D eigenvalue weighted by molar-refractivity contribution is -0.123. The molecule has 0 bridgehead atoms. The molecule has 4 atom stereocenters. The van der Waals surface area contributed by atoms with Crippen molar-refractivity contribution < 1.29 is 24.1 Å². The normalized spacial score (nSPS) is 35.5. The van der Waals surface area contributed by atoms with Crippen LogP contribution in [0.25, 0.3) is 0 Å². The second-order valence-corrected chi connectivity index (χ2v) is 4.70. The number of ether oxygens (including phenoxy) is 3. The number of carbonyl (C=O) groups is 1. The Balaban J connectivity index is 2.20. The maximum atomic E-state index is 11.8. The zero-order valence-electron chi connectivity index (χ0n) is 11.5. The van der Waals surface area contributed by atoms with Crippen LogP contribution in [0.3, 0.4) is 0 Å². The molecule has 0 aliphatic carbocycles. The van der Waals surface area contributed by atoms with Gasteiger partial charge in [0.15, 0.2) is 12.4 Å². The monoisotopic (exact) mass is 268 g/mol. The molecule has 106 valence electrons. The van der Waals surface area contributed by atoms with Crippen LogP contribution in [-0.2, 0) is 19.0 Å². The summed E-state index contributed by atoms with van der Waals surface area (Å²) < 4.78 is 16.8. The van der Waals surface area contributed by atoms with E-state index in [4.69, 9.17) is 19.3 Å². The summed E-state index contributed by atoms with van der Waals surface area (Å²) in [5.74, 6) is 0.304. The fraction of sp³-hybridized carbons (Fsp3) is 0.643. The lowest BCUT2D eigenvalue weighted by atomic mass is 10.1. The van der Waals surface area contributed by atoms with Gasteiger partial charge in [-0.1, -0.05) is 19.1 Å². The summed E-state index contributed by atoms with van der Waals surface area (Å²) in [6.07, 6.45) is 3.00. The molecule has 2 aliphatic heterocycles. The van der Waals surface area contributed by atoms with Crippen molar-refractivity contribution in [3.8, 4) is 0 Å². The third-order valence-corrected chi connectivity index (χ3v) is 3.27. The number of ketones is 1. The van der Waals surface area contributed by atoms with Gasteiger partial charge in [0.1, 0.15) is 18.0 Å². The van der Waals surface area contributed by atoms with Gasteiger partial charge in [-0.2, -0.15) is 0 Å². The van der Waals surface area contributed by atoms with Crippen molar-refractivity contribution >= 4 is 5.78 Å². The van der Waals surface area contributed by atoms with Crippen molar-refractivity contribution in [2.24, 2.45) is 0 Å². The molecule has 5 heteroatoms. The molecule has 5 nitrogen and oxygen atoms in total. The van der Waals surface area contributed by atoms with Gasteiger partial charge in [-0.05, 0) is 20.3 Å². The van der Waals surface area contributed by atoms with Crippen molar-refractivity contribution in [3.63, 3.8) is 0 Å². The van der Waals surface area contributed by atoms with Gasteiger partial charge in [-0.15, -0.1) is 0 Å². The predicted octanol–water partition coefficient (Wildman–Crippen LogP) is 1.32. The standard InChI is InChI=1S/C14H20O5/c1-4-5-6-10-14(18-9(3)17-10)13-8(2)12(16)11(7-15)19-13/h5-6,9-11,14-15H,4,7H2,1-3H3/b6-5-/t9?,10-,11?,14-/m0/s1. The second-order valence-electron chi connectivity index (χ2n) is 4.70. The first-order valence-corrected chi connectivity index (χ1v) is 6.58. The molecule has 0 spiro atoms. The Morgan fingerprint density at radius 3 is 2.68 bits per heavy atom. The van der Waals surface area contributed by atoms with Gasteiger partial charge in [0.05, 0.1) is 6.61 Å². The molecule has 2 heterocycles. The number of hydrogen-bond donors (Lipinski definition) is 1. The van der Waals surface area contributed by atoms with Crippen LogP contribution in [0.1, 0.15) is 27.2 Å². The van der Waals surface area contributed by atoms with Crippen LogP contribution in [0.15, 0.2) is 23.5 Å². The average molecular weight is 268 g/mol. The molecule has 19 heavy (non-hydrogen) atoms. The van der Waals surface area contributed by atoms with E-state index in [9.17, 15) is 4.79 Å². The Bertz CT molecular complexity index is 412. The van der Waals surface area contributed by atoms with E-state index in [0.29, 0.717) is 11.3 Å². The molecular weight excluding hydrogens is 248 g/mol. The Morgan fingerprint density at radius 1 is 1.37 bits per heavy atom. The van der Waals surface area contributed by atoms with Gasteiger partial charge in [0.25, 0.3) is 0 Å². The lowest BCUT2D eigenvalue weighted by Crippen LogP contribution is -2.26. The molecule has 0 aromatic heterocycles. The van der Waals surface area contributed by atoms with E-state index in [-0.39, 0.29) is 24.8 Å². The molecule has 0 amide bonds. The third kappa shape index (κ3) is 2.73. The van der Waals surface area contributed by atoms with Gasteiger partial charge in [0, 0.05) is 5.57 Å². The van der Waals surface area contributed by atoms with Crippen molar-refractivity contribution in [2.45, 2.75) is 51.8 Å². The van der Waals surface area contributed by atoms with Crippen LogP contribution in [0.4, 0.5) is 0 Å². The van der Waals surface area contributed by atoms with Gasteiger partial charge >= 0.3 is 0 Å². The van der Waals surface area contributed by atoms with Crippen LogP contribution in [0.5, 0.6) is 0 Å². The van der Waals surface area contributed by atoms with Crippen molar-refractivity contribution in [3.05, 3.63) is 23.5 Å². The van der Waals surface area contributed by atoms with E-state index in [0.717, 1.165) is 6.42 Å². The first-order valence-electron chi connectivity index (χ1n) is 6.58. The maximum Gasteiger partial charge on any atom is 0.204 e. The highest BCUT2D eigenvalue weighted by Crippen LogP contribution is 2.33. The summed E-state index contributed by atoms with van der Waals surface area (Å²) in [4.78, 5) is 11.8. The van der Waals surface area contributed by atoms with Gasteiger partial charge < -0.3 is 19.3 Å². The van der Waals surface area contributed by atoms with Crippen molar-refractivity contribution in [2.75, 3.05) is 6.61 Å². The molecule has 2 aliphatic rings. The summed E-state index contributed by atoms with van der Waals surface area (Å²) in [6, 6.07) is 0. The largest absolute Gasteiger partial charge is 0.481 e. The predicted molar refractivity (Wildman–Crippen MR) is 68.3 cm³/mol. The molecule has 1 N–H and O–H groups in total. The van der Waals surface area contributed by atoms with E-state index in [1.807, 2.05) is 26.0 Å². The molecule has 1 saturated heterocycles. The van der Waals surface area contributed by atoms with E-state index < -0.39 is 12.2 Å². The smallest absolute Gasteiger partial charge is 0.204 e. The average Bonchev–Trinajstić information content (AvgIpc) is 2.89. The molecular formula is C14H20O5. The maximum absolute atomic E-state index is 11.8. The van der Waals surface area contributed by atoms with Gasteiger partial charge in [-0.25, -0.2) is 0 Å².